The van der Waals surface area contributed by atoms with Gasteiger partial charge in [0.05, 0.1) is 11.9 Å². The van der Waals surface area contributed by atoms with Crippen molar-refractivity contribution < 1.29 is 0 Å². The van der Waals surface area contributed by atoms with Gasteiger partial charge in [-0.05, 0) is 38.1 Å². The number of piperidine rings is 1. The van der Waals surface area contributed by atoms with Crippen LogP contribution < -0.4 is 15.8 Å². The van der Waals surface area contributed by atoms with Crippen LogP contribution in [0.5, 0.6) is 0 Å². The summed E-state index contributed by atoms with van der Waals surface area (Å²) < 4.78 is 0. The Morgan fingerprint density at radius 2 is 2.11 bits per heavy atom. The molecule has 2 fully saturated rings. The van der Waals surface area contributed by atoms with Crippen molar-refractivity contribution in [3.8, 4) is 0 Å². The van der Waals surface area contributed by atoms with E-state index in [9.17, 15) is 4.79 Å². The standard InChI is InChI=1S/C13H19ClN4O/c14-12-11(8-16-17-13(12)19)18-6-3-9(4-7-18)10-2-1-5-15-10/h8-10,15H,1-7H2,(H,17,19). The summed E-state index contributed by atoms with van der Waals surface area (Å²) in [5.74, 6) is 0.757. The van der Waals surface area contributed by atoms with Gasteiger partial charge in [-0.25, -0.2) is 5.10 Å². The molecule has 1 unspecified atom stereocenters. The molecule has 3 rings (SSSR count). The van der Waals surface area contributed by atoms with E-state index in [2.05, 4.69) is 20.4 Å². The zero-order valence-corrected chi connectivity index (χ0v) is 11.6. The van der Waals surface area contributed by atoms with E-state index in [4.69, 9.17) is 11.6 Å². The lowest BCUT2D eigenvalue weighted by Crippen LogP contribution is -2.41. The molecule has 0 spiro atoms. The van der Waals surface area contributed by atoms with Gasteiger partial charge in [0.2, 0.25) is 0 Å². The number of anilines is 1. The van der Waals surface area contributed by atoms with Gasteiger partial charge < -0.3 is 10.2 Å². The molecule has 0 aliphatic carbocycles. The van der Waals surface area contributed by atoms with Crippen LogP contribution in [0.15, 0.2) is 11.0 Å². The average molecular weight is 283 g/mol. The lowest BCUT2D eigenvalue weighted by molar-refractivity contribution is 0.319. The fourth-order valence-electron chi connectivity index (χ4n) is 3.25. The second-order valence-electron chi connectivity index (χ2n) is 5.43. The molecule has 0 bridgehead atoms. The summed E-state index contributed by atoms with van der Waals surface area (Å²) in [6.45, 7) is 3.07. The van der Waals surface area contributed by atoms with Crippen LogP contribution in [0.4, 0.5) is 5.69 Å². The van der Waals surface area contributed by atoms with E-state index in [-0.39, 0.29) is 10.6 Å². The minimum atomic E-state index is -0.307. The first-order valence-corrected chi connectivity index (χ1v) is 7.35. The van der Waals surface area contributed by atoms with E-state index in [0.29, 0.717) is 6.04 Å². The van der Waals surface area contributed by atoms with Crippen molar-refractivity contribution in [2.24, 2.45) is 5.92 Å². The largest absolute Gasteiger partial charge is 0.369 e. The quantitative estimate of drug-likeness (QED) is 0.861. The van der Waals surface area contributed by atoms with Crippen LogP contribution in [0.1, 0.15) is 25.7 Å². The van der Waals surface area contributed by atoms with Crippen molar-refractivity contribution in [3.05, 3.63) is 21.6 Å². The fourth-order valence-corrected chi connectivity index (χ4v) is 3.46. The molecule has 2 saturated heterocycles. The highest BCUT2D eigenvalue weighted by molar-refractivity contribution is 6.32. The highest BCUT2D eigenvalue weighted by Crippen LogP contribution is 2.29. The minimum Gasteiger partial charge on any atom is -0.369 e. The van der Waals surface area contributed by atoms with Crippen LogP contribution in [-0.2, 0) is 0 Å². The number of aromatic nitrogens is 2. The van der Waals surface area contributed by atoms with Crippen LogP contribution in [0, 0.1) is 5.92 Å². The number of hydrogen-bond donors (Lipinski definition) is 2. The molecule has 0 saturated carbocycles. The number of hydrogen-bond acceptors (Lipinski definition) is 4. The molecule has 6 heteroatoms. The van der Waals surface area contributed by atoms with Crippen molar-refractivity contribution in [1.29, 1.82) is 0 Å². The highest BCUT2D eigenvalue weighted by Gasteiger charge is 2.29. The molecule has 5 nitrogen and oxygen atoms in total. The summed E-state index contributed by atoms with van der Waals surface area (Å²) in [4.78, 5) is 13.6. The van der Waals surface area contributed by atoms with E-state index >= 15 is 0 Å². The smallest absolute Gasteiger partial charge is 0.285 e. The normalized spacial score (nSPS) is 24.9. The van der Waals surface area contributed by atoms with Crippen molar-refractivity contribution in [3.63, 3.8) is 0 Å². The number of rotatable bonds is 2. The number of H-pyrrole nitrogens is 1. The highest BCUT2D eigenvalue weighted by atomic mass is 35.5. The third-order valence-corrected chi connectivity index (χ3v) is 4.69. The summed E-state index contributed by atoms with van der Waals surface area (Å²) in [6.07, 6.45) is 6.56. The van der Waals surface area contributed by atoms with E-state index in [1.807, 2.05) is 0 Å². The Kier molecular flexibility index (Phi) is 3.75. The molecule has 3 heterocycles. The number of aromatic amines is 1. The zero-order chi connectivity index (χ0) is 13.2. The van der Waals surface area contributed by atoms with Gasteiger partial charge in [-0.3, -0.25) is 4.79 Å². The third kappa shape index (κ3) is 2.62. The summed E-state index contributed by atoms with van der Waals surface area (Å²) in [5.41, 5.74) is 0.460. The molecule has 1 atom stereocenters. The molecule has 19 heavy (non-hydrogen) atoms. The lowest BCUT2D eigenvalue weighted by atomic mass is 9.88. The summed E-state index contributed by atoms with van der Waals surface area (Å²) in [6, 6.07) is 0.690. The number of nitrogens with one attached hydrogen (secondary N) is 2. The Morgan fingerprint density at radius 1 is 1.32 bits per heavy atom. The van der Waals surface area contributed by atoms with Gasteiger partial charge in [-0.2, -0.15) is 5.10 Å². The van der Waals surface area contributed by atoms with Gasteiger partial charge in [-0.1, -0.05) is 11.6 Å². The van der Waals surface area contributed by atoms with Gasteiger partial charge in [0.25, 0.3) is 5.56 Å². The Hall–Kier alpha value is -1.07. The Bertz CT molecular complexity index is 490. The first kappa shape index (κ1) is 12.9. The van der Waals surface area contributed by atoms with E-state index < -0.39 is 0 Å². The second kappa shape index (κ2) is 5.51. The maximum Gasteiger partial charge on any atom is 0.285 e. The van der Waals surface area contributed by atoms with Gasteiger partial charge in [0, 0.05) is 19.1 Å². The van der Waals surface area contributed by atoms with E-state index in [1.54, 1.807) is 6.20 Å². The fraction of sp³-hybridized carbons (Fsp3) is 0.692. The van der Waals surface area contributed by atoms with Gasteiger partial charge in [-0.15, -0.1) is 0 Å². The summed E-state index contributed by atoms with van der Waals surface area (Å²) in [5, 5.41) is 10.0. The molecule has 2 aliphatic heterocycles. The predicted octanol–water partition coefficient (Wildman–Crippen LogP) is 1.39. The molecular formula is C13H19ClN4O. The maximum absolute atomic E-state index is 11.5. The van der Waals surface area contributed by atoms with Crippen molar-refractivity contribution in [2.45, 2.75) is 31.7 Å². The SMILES string of the molecule is O=c1[nH]ncc(N2CCC(C3CCCN3)CC2)c1Cl. The molecule has 104 valence electrons. The minimum absolute atomic E-state index is 0.257. The molecule has 2 N–H and O–H groups in total. The van der Waals surface area contributed by atoms with Crippen molar-refractivity contribution >= 4 is 17.3 Å². The van der Waals surface area contributed by atoms with Crippen LogP contribution in [0.2, 0.25) is 5.02 Å². The molecule has 0 amide bonds. The maximum atomic E-state index is 11.5. The molecule has 0 aromatic carbocycles. The zero-order valence-electron chi connectivity index (χ0n) is 10.9. The molecule has 0 radical (unpaired) electrons. The number of nitrogens with zero attached hydrogens (tertiary/aromatic N) is 2. The van der Waals surface area contributed by atoms with Crippen molar-refractivity contribution in [2.75, 3.05) is 24.5 Å². The van der Waals surface area contributed by atoms with Gasteiger partial charge >= 0.3 is 0 Å². The molecule has 1 aromatic heterocycles. The van der Waals surface area contributed by atoms with Gasteiger partial charge in [0.15, 0.2) is 0 Å². The molecule has 1 aromatic rings. The number of halogens is 1. The average Bonchev–Trinajstić information content (AvgIpc) is 2.96. The Morgan fingerprint density at radius 3 is 2.79 bits per heavy atom. The van der Waals surface area contributed by atoms with E-state index in [0.717, 1.165) is 44.1 Å². The summed E-state index contributed by atoms with van der Waals surface area (Å²) >= 11 is 6.05. The third-order valence-electron chi connectivity index (χ3n) is 4.32. The van der Waals surface area contributed by atoms with Crippen LogP contribution in [0.25, 0.3) is 0 Å². The topological polar surface area (TPSA) is 61.0 Å². The van der Waals surface area contributed by atoms with Crippen LogP contribution >= 0.6 is 11.6 Å². The second-order valence-corrected chi connectivity index (χ2v) is 5.80. The summed E-state index contributed by atoms with van der Waals surface area (Å²) in [7, 11) is 0. The molecular weight excluding hydrogens is 264 g/mol. The van der Waals surface area contributed by atoms with Crippen LogP contribution in [0.3, 0.4) is 0 Å². The Balaban J connectivity index is 1.66. The first-order valence-electron chi connectivity index (χ1n) is 6.97. The van der Waals surface area contributed by atoms with Crippen molar-refractivity contribution in [1.82, 2.24) is 15.5 Å². The monoisotopic (exact) mass is 282 g/mol. The first-order chi connectivity index (χ1) is 9.25. The lowest BCUT2D eigenvalue weighted by Gasteiger charge is -2.36. The van der Waals surface area contributed by atoms with Gasteiger partial charge in [0.1, 0.15) is 5.02 Å². The van der Waals surface area contributed by atoms with E-state index in [1.165, 1.54) is 12.8 Å². The Labute approximate surface area is 117 Å². The molecule has 2 aliphatic rings. The van der Waals surface area contributed by atoms with Crippen LogP contribution in [-0.4, -0.2) is 35.9 Å². The predicted molar refractivity (Wildman–Crippen MR) is 75.8 cm³/mol.